The van der Waals surface area contributed by atoms with Crippen molar-refractivity contribution in [1.82, 2.24) is 15.1 Å². The Labute approximate surface area is 112 Å². The van der Waals surface area contributed by atoms with Gasteiger partial charge in [0.2, 0.25) is 5.91 Å². The lowest BCUT2D eigenvalue weighted by atomic mass is 10.2. The number of rotatable bonds is 5. The van der Waals surface area contributed by atoms with Crippen molar-refractivity contribution in [3.05, 3.63) is 24.4 Å². The van der Waals surface area contributed by atoms with Crippen molar-refractivity contribution in [3.8, 4) is 0 Å². The zero-order chi connectivity index (χ0) is 13.8. The summed E-state index contributed by atoms with van der Waals surface area (Å²) in [6, 6.07) is 5.82. The molecule has 5 nitrogen and oxygen atoms in total. The second-order valence-electron chi connectivity index (χ2n) is 4.70. The van der Waals surface area contributed by atoms with Crippen LogP contribution in [0.3, 0.4) is 0 Å². The molecule has 0 saturated carbocycles. The molecule has 1 amide bonds. The summed E-state index contributed by atoms with van der Waals surface area (Å²) in [6.45, 7) is 4.36. The van der Waals surface area contributed by atoms with Crippen molar-refractivity contribution in [2.75, 3.05) is 5.73 Å². The van der Waals surface area contributed by atoms with Crippen LogP contribution in [0.2, 0.25) is 0 Å². The van der Waals surface area contributed by atoms with Crippen LogP contribution in [-0.2, 0) is 11.3 Å². The van der Waals surface area contributed by atoms with Gasteiger partial charge in [-0.15, -0.1) is 0 Å². The molecule has 19 heavy (non-hydrogen) atoms. The molecule has 0 fully saturated rings. The first kappa shape index (κ1) is 13.4. The second kappa shape index (κ2) is 5.73. The highest BCUT2D eigenvalue weighted by Crippen LogP contribution is 2.16. The molecule has 1 aromatic heterocycles. The van der Waals surface area contributed by atoms with Crippen LogP contribution >= 0.6 is 0 Å². The number of anilines is 1. The highest BCUT2D eigenvalue weighted by Gasteiger charge is 2.11. The van der Waals surface area contributed by atoms with Gasteiger partial charge in [0.1, 0.15) is 6.54 Å². The summed E-state index contributed by atoms with van der Waals surface area (Å²) in [4.78, 5) is 12.0. The minimum Gasteiger partial charge on any atom is -0.399 e. The van der Waals surface area contributed by atoms with Gasteiger partial charge in [-0.05, 0) is 31.0 Å². The molecule has 2 aromatic rings. The number of aromatic nitrogens is 2. The Balaban J connectivity index is 2.13. The maximum atomic E-state index is 12.0. The van der Waals surface area contributed by atoms with Crippen LogP contribution in [0, 0.1) is 0 Å². The van der Waals surface area contributed by atoms with Crippen molar-refractivity contribution in [2.24, 2.45) is 0 Å². The molecule has 0 aliphatic rings. The Morgan fingerprint density at radius 2 is 2.16 bits per heavy atom. The SMILES string of the molecule is CCC(CC)NC(=O)Cn1ncc2ccc(N)cc21. The van der Waals surface area contributed by atoms with E-state index in [0.717, 1.165) is 23.7 Å². The van der Waals surface area contributed by atoms with Gasteiger partial charge in [0, 0.05) is 17.1 Å². The van der Waals surface area contributed by atoms with Crippen LogP contribution < -0.4 is 11.1 Å². The largest absolute Gasteiger partial charge is 0.399 e. The fourth-order valence-corrected chi connectivity index (χ4v) is 2.12. The monoisotopic (exact) mass is 260 g/mol. The maximum Gasteiger partial charge on any atom is 0.241 e. The predicted octanol–water partition coefficient (Wildman–Crippen LogP) is 1.92. The lowest BCUT2D eigenvalue weighted by Crippen LogP contribution is -2.36. The number of fused-ring (bicyclic) bond motifs is 1. The molecule has 102 valence electrons. The van der Waals surface area contributed by atoms with Crippen molar-refractivity contribution in [3.63, 3.8) is 0 Å². The van der Waals surface area contributed by atoms with E-state index in [-0.39, 0.29) is 18.5 Å². The third-order valence-corrected chi connectivity index (χ3v) is 3.31. The van der Waals surface area contributed by atoms with Gasteiger partial charge in [-0.1, -0.05) is 13.8 Å². The van der Waals surface area contributed by atoms with E-state index in [0.29, 0.717) is 5.69 Å². The Kier molecular flexibility index (Phi) is 4.04. The Bertz CT molecular complexity index is 572. The molecule has 0 bridgehead atoms. The molecule has 0 aliphatic heterocycles. The van der Waals surface area contributed by atoms with Crippen LogP contribution in [0.4, 0.5) is 5.69 Å². The standard InChI is InChI=1S/C14H20N4O/c1-3-12(4-2)17-14(19)9-18-13-7-11(15)6-5-10(13)8-16-18/h5-8,12H,3-4,9,15H2,1-2H3,(H,17,19). The second-order valence-corrected chi connectivity index (χ2v) is 4.70. The quantitative estimate of drug-likeness (QED) is 0.807. The van der Waals surface area contributed by atoms with E-state index < -0.39 is 0 Å². The van der Waals surface area contributed by atoms with E-state index in [4.69, 9.17) is 5.73 Å². The van der Waals surface area contributed by atoms with Gasteiger partial charge in [-0.2, -0.15) is 5.10 Å². The van der Waals surface area contributed by atoms with Gasteiger partial charge in [-0.25, -0.2) is 0 Å². The van der Waals surface area contributed by atoms with Crippen LogP contribution in [0.5, 0.6) is 0 Å². The minimum atomic E-state index is -0.0128. The average molecular weight is 260 g/mol. The predicted molar refractivity (Wildman–Crippen MR) is 76.7 cm³/mol. The number of nitrogens with zero attached hydrogens (tertiary/aromatic N) is 2. The topological polar surface area (TPSA) is 72.9 Å². The first-order valence-electron chi connectivity index (χ1n) is 6.64. The number of benzene rings is 1. The normalized spacial score (nSPS) is 11.1. The van der Waals surface area contributed by atoms with E-state index in [1.165, 1.54) is 0 Å². The lowest BCUT2D eigenvalue weighted by Gasteiger charge is -2.14. The fraction of sp³-hybridized carbons (Fsp3) is 0.429. The maximum absolute atomic E-state index is 12.0. The third-order valence-electron chi connectivity index (χ3n) is 3.31. The molecule has 0 saturated heterocycles. The molecular formula is C14H20N4O. The molecule has 3 N–H and O–H groups in total. The Morgan fingerprint density at radius 3 is 2.84 bits per heavy atom. The molecule has 1 heterocycles. The lowest BCUT2D eigenvalue weighted by molar-refractivity contribution is -0.122. The fourth-order valence-electron chi connectivity index (χ4n) is 2.12. The zero-order valence-corrected chi connectivity index (χ0v) is 11.4. The van der Waals surface area contributed by atoms with Gasteiger partial charge < -0.3 is 11.1 Å². The van der Waals surface area contributed by atoms with Gasteiger partial charge in [0.15, 0.2) is 0 Å². The highest BCUT2D eigenvalue weighted by molar-refractivity contribution is 5.84. The molecule has 0 radical (unpaired) electrons. The van der Waals surface area contributed by atoms with Gasteiger partial charge >= 0.3 is 0 Å². The summed E-state index contributed by atoms with van der Waals surface area (Å²) >= 11 is 0. The van der Waals surface area contributed by atoms with Gasteiger partial charge in [-0.3, -0.25) is 9.48 Å². The van der Waals surface area contributed by atoms with Crippen LogP contribution in [0.15, 0.2) is 24.4 Å². The number of amides is 1. The first-order valence-corrected chi connectivity index (χ1v) is 6.64. The molecule has 5 heteroatoms. The summed E-state index contributed by atoms with van der Waals surface area (Å²) in [7, 11) is 0. The Hall–Kier alpha value is -2.04. The average Bonchev–Trinajstić information content (AvgIpc) is 2.78. The van der Waals surface area contributed by atoms with E-state index in [1.807, 2.05) is 18.2 Å². The number of nitrogens with one attached hydrogen (secondary N) is 1. The third kappa shape index (κ3) is 3.05. The van der Waals surface area contributed by atoms with Crippen LogP contribution in [-0.4, -0.2) is 21.7 Å². The molecule has 0 spiro atoms. The summed E-state index contributed by atoms with van der Waals surface area (Å²) in [6.07, 6.45) is 3.63. The van der Waals surface area contributed by atoms with Crippen LogP contribution in [0.25, 0.3) is 10.9 Å². The first-order chi connectivity index (χ1) is 9.13. The number of nitrogens with two attached hydrogens (primary N) is 1. The minimum absolute atomic E-state index is 0.0128. The van der Waals surface area contributed by atoms with Gasteiger partial charge in [0.25, 0.3) is 0 Å². The van der Waals surface area contributed by atoms with E-state index in [1.54, 1.807) is 10.9 Å². The highest BCUT2D eigenvalue weighted by atomic mass is 16.2. The van der Waals surface area contributed by atoms with Crippen molar-refractivity contribution >= 4 is 22.5 Å². The van der Waals surface area contributed by atoms with Crippen molar-refractivity contribution < 1.29 is 4.79 Å². The van der Waals surface area contributed by atoms with Gasteiger partial charge in [0.05, 0.1) is 11.7 Å². The summed E-state index contributed by atoms with van der Waals surface area (Å²) in [5, 5.41) is 8.23. The van der Waals surface area contributed by atoms with Crippen molar-refractivity contribution in [2.45, 2.75) is 39.3 Å². The molecule has 2 rings (SSSR count). The summed E-state index contributed by atoms with van der Waals surface area (Å²) < 4.78 is 1.68. The molecule has 1 aromatic carbocycles. The smallest absolute Gasteiger partial charge is 0.241 e. The number of carbonyl (C=O) groups is 1. The number of carbonyl (C=O) groups excluding carboxylic acids is 1. The summed E-state index contributed by atoms with van der Waals surface area (Å²) in [5.74, 6) is -0.0128. The molecule has 0 unspecified atom stereocenters. The number of hydrogen-bond acceptors (Lipinski definition) is 3. The number of hydrogen-bond donors (Lipinski definition) is 2. The van der Waals surface area contributed by atoms with E-state index >= 15 is 0 Å². The zero-order valence-electron chi connectivity index (χ0n) is 11.4. The number of nitrogen functional groups attached to an aromatic ring is 1. The van der Waals surface area contributed by atoms with E-state index in [2.05, 4.69) is 24.3 Å². The molecule has 0 aliphatic carbocycles. The van der Waals surface area contributed by atoms with Crippen LogP contribution in [0.1, 0.15) is 26.7 Å². The van der Waals surface area contributed by atoms with Crippen molar-refractivity contribution in [1.29, 1.82) is 0 Å². The van der Waals surface area contributed by atoms with E-state index in [9.17, 15) is 4.79 Å². The summed E-state index contributed by atoms with van der Waals surface area (Å²) in [5.41, 5.74) is 7.33. The molecular weight excluding hydrogens is 240 g/mol. The molecule has 0 atom stereocenters. The Morgan fingerprint density at radius 1 is 1.42 bits per heavy atom.